The van der Waals surface area contributed by atoms with Crippen LogP contribution in [-0.2, 0) is 5.41 Å². The second kappa shape index (κ2) is 8.13. The van der Waals surface area contributed by atoms with Crippen LogP contribution in [0.1, 0.15) is 36.7 Å². The lowest BCUT2D eigenvalue weighted by Gasteiger charge is -2.23. The molecule has 5 nitrogen and oxygen atoms in total. The number of benzene rings is 2. The normalized spacial score (nSPS) is 11.0. The van der Waals surface area contributed by atoms with Gasteiger partial charge in [0, 0.05) is 23.1 Å². The van der Waals surface area contributed by atoms with Crippen molar-refractivity contribution >= 4 is 23.1 Å². The molecule has 0 aliphatic heterocycles. The fourth-order valence-corrected chi connectivity index (χ4v) is 2.90. The van der Waals surface area contributed by atoms with E-state index in [4.69, 9.17) is 4.74 Å². The van der Waals surface area contributed by atoms with Crippen LogP contribution in [0.15, 0.2) is 66.9 Å². The summed E-state index contributed by atoms with van der Waals surface area (Å²) < 4.78 is 5.14. The third-order valence-electron chi connectivity index (χ3n) is 4.37. The number of hydrogen-bond acceptors (Lipinski definition) is 4. The lowest BCUT2D eigenvalue weighted by molar-refractivity contribution is 0.102. The molecular formula is C23H25N3O2. The van der Waals surface area contributed by atoms with Crippen LogP contribution in [0, 0.1) is 0 Å². The number of nitrogens with zero attached hydrogens (tertiary/aromatic N) is 1. The summed E-state index contributed by atoms with van der Waals surface area (Å²) in [7, 11) is 1.61. The van der Waals surface area contributed by atoms with Crippen LogP contribution in [0.4, 0.5) is 17.2 Å². The van der Waals surface area contributed by atoms with Gasteiger partial charge in [0.1, 0.15) is 11.6 Å². The molecule has 0 saturated heterocycles. The first-order chi connectivity index (χ1) is 13.4. The number of pyridine rings is 1. The number of ether oxygens (including phenoxy) is 1. The zero-order chi connectivity index (χ0) is 20.1. The van der Waals surface area contributed by atoms with Gasteiger partial charge in [0.05, 0.1) is 7.11 Å². The predicted molar refractivity (Wildman–Crippen MR) is 114 cm³/mol. The summed E-state index contributed by atoms with van der Waals surface area (Å²) in [6.45, 7) is 6.50. The molecule has 0 aliphatic carbocycles. The molecule has 1 amide bonds. The summed E-state index contributed by atoms with van der Waals surface area (Å²) in [6.07, 6.45) is 1.63. The van der Waals surface area contributed by atoms with Crippen LogP contribution in [0.5, 0.6) is 5.75 Å². The van der Waals surface area contributed by atoms with E-state index in [0.717, 1.165) is 11.4 Å². The Morgan fingerprint density at radius 2 is 1.71 bits per heavy atom. The summed E-state index contributed by atoms with van der Waals surface area (Å²) in [5.74, 6) is 1.17. The van der Waals surface area contributed by atoms with Crippen molar-refractivity contribution in [1.82, 2.24) is 4.98 Å². The molecule has 2 aromatic carbocycles. The number of aromatic nitrogens is 1. The highest BCUT2D eigenvalue weighted by Gasteiger charge is 2.18. The topological polar surface area (TPSA) is 63.2 Å². The maximum absolute atomic E-state index is 12.6. The third-order valence-corrected chi connectivity index (χ3v) is 4.37. The maximum atomic E-state index is 12.6. The Morgan fingerprint density at radius 1 is 1.00 bits per heavy atom. The maximum Gasteiger partial charge on any atom is 0.255 e. The second-order valence-electron chi connectivity index (χ2n) is 7.53. The minimum atomic E-state index is -0.195. The number of carbonyl (C=O) groups excluding carboxylic acids is 1. The molecule has 0 saturated carbocycles. The molecule has 144 valence electrons. The van der Waals surface area contributed by atoms with Gasteiger partial charge in [0.2, 0.25) is 0 Å². The minimum absolute atomic E-state index is 0.00700. The van der Waals surface area contributed by atoms with Gasteiger partial charge in [0.15, 0.2) is 0 Å². The summed E-state index contributed by atoms with van der Waals surface area (Å²) in [5, 5.41) is 6.23. The fourth-order valence-electron chi connectivity index (χ4n) is 2.90. The fraction of sp³-hybridized carbons (Fsp3) is 0.217. The van der Waals surface area contributed by atoms with Crippen molar-refractivity contribution in [1.29, 1.82) is 0 Å². The number of methoxy groups -OCH3 is 1. The van der Waals surface area contributed by atoms with Crippen LogP contribution in [0.25, 0.3) is 0 Å². The molecule has 0 spiro atoms. The van der Waals surface area contributed by atoms with Gasteiger partial charge in [-0.05, 0) is 53.4 Å². The van der Waals surface area contributed by atoms with Crippen molar-refractivity contribution < 1.29 is 9.53 Å². The number of amides is 1. The van der Waals surface area contributed by atoms with E-state index in [-0.39, 0.29) is 11.3 Å². The lowest BCUT2D eigenvalue weighted by Crippen LogP contribution is -2.14. The zero-order valence-electron chi connectivity index (χ0n) is 16.6. The molecule has 3 aromatic rings. The van der Waals surface area contributed by atoms with Crippen LogP contribution in [-0.4, -0.2) is 18.0 Å². The van der Waals surface area contributed by atoms with Crippen molar-refractivity contribution in [3.63, 3.8) is 0 Å². The Hall–Kier alpha value is -3.34. The van der Waals surface area contributed by atoms with Crippen molar-refractivity contribution in [3.05, 3.63) is 78.0 Å². The highest BCUT2D eigenvalue weighted by atomic mass is 16.5. The van der Waals surface area contributed by atoms with Crippen LogP contribution < -0.4 is 15.4 Å². The van der Waals surface area contributed by atoms with E-state index in [0.29, 0.717) is 17.1 Å². The first-order valence-corrected chi connectivity index (χ1v) is 9.15. The largest absolute Gasteiger partial charge is 0.497 e. The zero-order valence-corrected chi connectivity index (χ0v) is 16.6. The van der Waals surface area contributed by atoms with Gasteiger partial charge in [-0.25, -0.2) is 4.98 Å². The van der Waals surface area contributed by atoms with Crippen LogP contribution in [0.2, 0.25) is 0 Å². The Morgan fingerprint density at radius 3 is 2.39 bits per heavy atom. The number of hydrogen-bond donors (Lipinski definition) is 2. The lowest BCUT2D eigenvalue weighted by atomic mass is 9.86. The summed E-state index contributed by atoms with van der Waals surface area (Å²) in [4.78, 5) is 17.0. The molecule has 28 heavy (non-hydrogen) atoms. The van der Waals surface area contributed by atoms with E-state index < -0.39 is 0 Å². The predicted octanol–water partition coefficient (Wildman–Crippen LogP) is 5.38. The van der Waals surface area contributed by atoms with E-state index in [2.05, 4.69) is 42.5 Å². The second-order valence-corrected chi connectivity index (χ2v) is 7.53. The molecular weight excluding hydrogens is 350 g/mol. The Bertz CT molecular complexity index is 960. The number of para-hydroxylation sites is 1. The Labute approximate surface area is 165 Å². The smallest absolute Gasteiger partial charge is 0.255 e. The van der Waals surface area contributed by atoms with Gasteiger partial charge >= 0.3 is 0 Å². The van der Waals surface area contributed by atoms with Gasteiger partial charge in [-0.1, -0.05) is 39.0 Å². The van der Waals surface area contributed by atoms with E-state index in [9.17, 15) is 4.79 Å². The average Bonchev–Trinajstić information content (AvgIpc) is 2.68. The average molecular weight is 375 g/mol. The van der Waals surface area contributed by atoms with Gasteiger partial charge in [-0.15, -0.1) is 0 Å². The van der Waals surface area contributed by atoms with Crippen LogP contribution >= 0.6 is 0 Å². The van der Waals surface area contributed by atoms with Crippen molar-refractivity contribution in [2.24, 2.45) is 0 Å². The summed E-state index contributed by atoms with van der Waals surface area (Å²) in [6, 6.07) is 18.8. The Kier molecular flexibility index (Phi) is 5.64. The monoisotopic (exact) mass is 375 g/mol. The number of nitrogens with one attached hydrogen (secondary N) is 2. The molecule has 0 radical (unpaired) electrons. The number of rotatable bonds is 5. The molecule has 1 aromatic heterocycles. The van der Waals surface area contributed by atoms with E-state index in [1.807, 2.05) is 18.2 Å². The first-order valence-electron chi connectivity index (χ1n) is 9.15. The third kappa shape index (κ3) is 4.68. The molecule has 5 heteroatoms. The van der Waals surface area contributed by atoms with Gasteiger partial charge in [0.25, 0.3) is 5.91 Å². The van der Waals surface area contributed by atoms with Crippen molar-refractivity contribution in [2.45, 2.75) is 26.2 Å². The Balaban J connectivity index is 1.78. The van der Waals surface area contributed by atoms with Gasteiger partial charge in [-0.3, -0.25) is 4.79 Å². The molecule has 3 rings (SSSR count). The molecule has 1 heterocycles. The molecule has 0 fully saturated rings. The van der Waals surface area contributed by atoms with Crippen LogP contribution in [0.3, 0.4) is 0 Å². The first kappa shape index (κ1) is 19.4. The number of anilines is 3. The minimum Gasteiger partial charge on any atom is -0.497 e. The summed E-state index contributed by atoms with van der Waals surface area (Å²) >= 11 is 0. The summed E-state index contributed by atoms with van der Waals surface area (Å²) in [5.41, 5.74) is 3.39. The molecule has 2 N–H and O–H groups in total. The number of carbonyl (C=O) groups is 1. The van der Waals surface area contributed by atoms with E-state index in [1.165, 1.54) is 5.56 Å². The van der Waals surface area contributed by atoms with Crippen molar-refractivity contribution in [3.8, 4) is 5.75 Å². The quantitative estimate of drug-likeness (QED) is 0.628. The molecule has 0 unspecified atom stereocenters. The van der Waals surface area contributed by atoms with Crippen molar-refractivity contribution in [2.75, 3.05) is 17.7 Å². The molecule has 0 atom stereocenters. The highest BCUT2D eigenvalue weighted by molar-refractivity contribution is 6.04. The molecule has 0 bridgehead atoms. The van der Waals surface area contributed by atoms with Gasteiger partial charge < -0.3 is 15.4 Å². The van der Waals surface area contributed by atoms with Gasteiger partial charge in [-0.2, -0.15) is 0 Å². The highest BCUT2D eigenvalue weighted by Crippen LogP contribution is 2.31. The SMILES string of the molecule is COc1ccc(NC(=O)c2ccnc(Nc3ccccc3C(C)(C)C)c2)cc1. The standard InChI is InChI=1S/C23H25N3O2/c1-23(2,3)19-7-5-6-8-20(19)26-21-15-16(13-14-24-21)22(27)25-17-9-11-18(28-4)12-10-17/h5-15H,1-4H3,(H,24,26)(H,25,27). The van der Waals surface area contributed by atoms with E-state index >= 15 is 0 Å². The molecule has 0 aliphatic rings. The van der Waals surface area contributed by atoms with E-state index in [1.54, 1.807) is 49.7 Å².